The van der Waals surface area contributed by atoms with Crippen molar-refractivity contribution in [3.05, 3.63) is 27.3 Å². The molecule has 0 amide bonds. The molecule has 0 saturated heterocycles. The molecule has 2 rings (SSSR count). The van der Waals surface area contributed by atoms with Crippen LogP contribution in [0.15, 0.2) is 12.1 Å². The molecule has 168 valence electrons. The SMILES string of the molecule is C[Si](C)(C)CCOCn1nc(N(S(C)(=O)=O)S(C)(=O)=O)c2c(Cl)ccc([N+](=O)[O-])c21. The third-order valence-corrected chi connectivity index (χ3v) is 9.18. The summed E-state index contributed by atoms with van der Waals surface area (Å²) in [6, 6.07) is 3.15. The van der Waals surface area contributed by atoms with Gasteiger partial charge in [-0.05, 0) is 12.1 Å². The van der Waals surface area contributed by atoms with Crippen LogP contribution in [-0.2, 0) is 31.5 Å². The number of ether oxygens (including phenoxy) is 1. The summed E-state index contributed by atoms with van der Waals surface area (Å²) in [6.45, 7) is 6.57. The molecule has 0 saturated carbocycles. The molecular weight excluding hydrogens is 476 g/mol. The highest BCUT2D eigenvalue weighted by atomic mass is 35.5. The highest BCUT2D eigenvalue weighted by Gasteiger charge is 2.35. The number of fused-ring (bicyclic) bond motifs is 1. The maximum Gasteiger partial charge on any atom is 0.295 e. The van der Waals surface area contributed by atoms with Crippen LogP contribution in [0, 0.1) is 10.1 Å². The molecule has 0 bridgehead atoms. The Morgan fingerprint density at radius 1 is 1.20 bits per heavy atom. The molecule has 0 radical (unpaired) electrons. The molecule has 0 aliphatic heterocycles. The average molecular weight is 499 g/mol. The van der Waals surface area contributed by atoms with E-state index in [4.69, 9.17) is 16.3 Å². The summed E-state index contributed by atoms with van der Waals surface area (Å²) in [5, 5.41) is 15.3. The van der Waals surface area contributed by atoms with E-state index < -0.39 is 44.5 Å². The van der Waals surface area contributed by atoms with Crippen molar-refractivity contribution in [3.8, 4) is 0 Å². The van der Waals surface area contributed by atoms with E-state index in [1.807, 2.05) is 0 Å². The Labute approximate surface area is 180 Å². The predicted octanol–water partition coefficient (Wildman–Crippen LogP) is 2.64. The second-order valence-corrected chi connectivity index (χ2v) is 17.9. The van der Waals surface area contributed by atoms with Gasteiger partial charge in [-0.2, -0.15) is 0 Å². The van der Waals surface area contributed by atoms with Crippen molar-refractivity contribution in [2.75, 3.05) is 22.8 Å². The van der Waals surface area contributed by atoms with Gasteiger partial charge in [-0.15, -0.1) is 8.81 Å². The minimum atomic E-state index is -4.34. The zero-order valence-electron chi connectivity index (χ0n) is 17.1. The zero-order valence-corrected chi connectivity index (χ0v) is 20.5. The summed E-state index contributed by atoms with van der Waals surface area (Å²) < 4.78 is 55.7. The van der Waals surface area contributed by atoms with Gasteiger partial charge in [0.1, 0.15) is 6.73 Å². The lowest BCUT2D eigenvalue weighted by Gasteiger charge is -2.17. The number of sulfonamides is 2. The van der Waals surface area contributed by atoms with E-state index in [0.29, 0.717) is 19.1 Å². The van der Waals surface area contributed by atoms with Crippen LogP contribution in [0.5, 0.6) is 0 Å². The molecule has 1 aromatic carbocycles. The van der Waals surface area contributed by atoms with Crippen molar-refractivity contribution < 1.29 is 26.5 Å². The third-order valence-electron chi connectivity index (χ3n) is 3.98. The lowest BCUT2D eigenvalue weighted by Crippen LogP contribution is -2.35. The van der Waals surface area contributed by atoms with E-state index >= 15 is 0 Å². The molecule has 0 aliphatic carbocycles. The molecule has 30 heavy (non-hydrogen) atoms. The molecule has 2 aromatic rings. The minimum Gasteiger partial charge on any atom is -0.360 e. The summed E-state index contributed by atoms with van der Waals surface area (Å²) in [6.07, 6.45) is 1.38. The quantitative estimate of drug-likeness (QED) is 0.222. The van der Waals surface area contributed by atoms with Gasteiger partial charge in [0.25, 0.3) is 5.69 Å². The van der Waals surface area contributed by atoms with Gasteiger partial charge in [-0.1, -0.05) is 31.2 Å². The summed E-state index contributed by atoms with van der Waals surface area (Å²) in [5.41, 5.74) is -0.545. The summed E-state index contributed by atoms with van der Waals surface area (Å²) in [7, 11) is -10.1. The number of aromatic nitrogens is 2. The molecule has 0 atom stereocenters. The maximum atomic E-state index is 12.2. The number of non-ortho nitro benzene ring substituents is 1. The number of nitro groups is 1. The Kier molecular flexibility index (Phi) is 6.88. The van der Waals surface area contributed by atoms with Gasteiger partial charge in [0.15, 0.2) is 11.3 Å². The highest BCUT2D eigenvalue weighted by molar-refractivity contribution is 8.09. The Balaban J connectivity index is 2.73. The minimum absolute atomic E-state index is 0.0868. The van der Waals surface area contributed by atoms with Crippen molar-refractivity contribution in [2.45, 2.75) is 32.4 Å². The first-order valence-corrected chi connectivity index (χ1v) is 16.4. The molecule has 1 heterocycles. The Bertz CT molecular complexity index is 1160. The van der Waals surface area contributed by atoms with Gasteiger partial charge in [0, 0.05) is 20.7 Å². The fourth-order valence-corrected chi connectivity index (χ4v) is 6.55. The molecule has 1 aromatic heterocycles. The van der Waals surface area contributed by atoms with Gasteiger partial charge < -0.3 is 4.74 Å². The first-order chi connectivity index (χ1) is 13.5. The van der Waals surface area contributed by atoms with Gasteiger partial charge in [0.2, 0.25) is 20.0 Å². The molecule has 0 N–H and O–H groups in total. The van der Waals surface area contributed by atoms with Crippen LogP contribution in [0.1, 0.15) is 0 Å². The Morgan fingerprint density at radius 3 is 2.23 bits per heavy atom. The van der Waals surface area contributed by atoms with Gasteiger partial charge in [-0.25, -0.2) is 21.5 Å². The number of nitrogens with zero attached hydrogens (tertiary/aromatic N) is 4. The van der Waals surface area contributed by atoms with Crippen molar-refractivity contribution >= 4 is 62.1 Å². The van der Waals surface area contributed by atoms with Crippen molar-refractivity contribution in [2.24, 2.45) is 0 Å². The van der Waals surface area contributed by atoms with Gasteiger partial charge in [0.05, 0.1) is 27.8 Å². The topological polar surface area (TPSA) is 142 Å². The second kappa shape index (κ2) is 8.41. The third kappa shape index (κ3) is 5.49. The van der Waals surface area contributed by atoms with Crippen LogP contribution >= 0.6 is 11.6 Å². The van der Waals surface area contributed by atoms with E-state index in [-0.39, 0.29) is 26.4 Å². The van der Waals surface area contributed by atoms with Crippen LogP contribution in [0.3, 0.4) is 0 Å². The number of benzene rings is 1. The number of hydrogen-bond donors (Lipinski definition) is 0. The van der Waals surface area contributed by atoms with Crippen LogP contribution in [0.2, 0.25) is 30.7 Å². The van der Waals surface area contributed by atoms with Crippen LogP contribution in [0.4, 0.5) is 11.5 Å². The van der Waals surface area contributed by atoms with E-state index in [0.717, 1.165) is 16.8 Å². The van der Waals surface area contributed by atoms with Crippen LogP contribution < -0.4 is 3.71 Å². The summed E-state index contributed by atoms with van der Waals surface area (Å²) in [4.78, 5) is 10.9. The molecule has 0 spiro atoms. The van der Waals surface area contributed by atoms with E-state index in [2.05, 4.69) is 24.7 Å². The number of nitro benzene ring substituents is 1. The highest BCUT2D eigenvalue weighted by Crippen LogP contribution is 2.39. The zero-order chi connectivity index (χ0) is 23.1. The summed E-state index contributed by atoms with van der Waals surface area (Å²) in [5.74, 6) is -0.544. The monoisotopic (exact) mass is 498 g/mol. The Hall–Kier alpha value is -1.74. The molecule has 15 heteroatoms. The first-order valence-electron chi connectivity index (χ1n) is 8.65. The largest absolute Gasteiger partial charge is 0.360 e. The van der Waals surface area contributed by atoms with Crippen LogP contribution in [-0.4, -0.2) is 58.7 Å². The normalized spacial score (nSPS) is 13.0. The Morgan fingerprint density at radius 2 is 1.77 bits per heavy atom. The molecule has 0 unspecified atom stereocenters. The molecule has 0 aliphatic rings. The van der Waals surface area contributed by atoms with Crippen molar-refractivity contribution in [1.29, 1.82) is 0 Å². The number of anilines is 1. The fraction of sp³-hybridized carbons (Fsp3) is 0.533. The van der Waals surface area contributed by atoms with E-state index in [1.54, 1.807) is 0 Å². The number of rotatable bonds is 9. The van der Waals surface area contributed by atoms with Gasteiger partial charge >= 0.3 is 0 Å². The predicted molar refractivity (Wildman–Crippen MR) is 118 cm³/mol. The average Bonchev–Trinajstić information content (AvgIpc) is 2.87. The van der Waals surface area contributed by atoms with E-state index in [1.165, 1.54) is 6.07 Å². The smallest absolute Gasteiger partial charge is 0.295 e. The maximum absolute atomic E-state index is 12.2. The fourth-order valence-electron chi connectivity index (χ4n) is 2.70. The summed E-state index contributed by atoms with van der Waals surface area (Å²) >= 11 is 6.19. The van der Waals surface area contributed by atoms with Crippen molar-refractivity contribution in [1.82, 2.24) is 9.78 Å². The van der Waals surface area contributed by atoms with Crippen molar-refractivity contribution in [3.63, 3.8) is 0 Å². The van der Waals surface area contributed by atoms with Crippen LogP contribution in [0.25, 0.3) is 10.9 Å². The first kappa shape index (κ1) is 24.5. The number of hydrogen-bond acceptors (Lipinski definition) is 8. The molecule has 11 nitrogen and oxygen atoms in total. The lowest BCUT2D eigenvalue weighted by atomic mass is 10.2. The standard InChI is InChI=1S/C15H23ClN4O7S2Si/c1-28(23,24)20(29(2,25)26)15-13-11(16)6-7-12(19(21)22)14(13)18(17-15)10-27-8-9-30(3,4)5/h6-7H,8-10H2,1-5H3. The van der Waals surface area contributed by atoms with E-state index in [9.17, 15) is 26.9 Å². The lowest BCUT2D eigenvalue weighted by molar-refractivity contribution is -0.383. The number of halogens is 1. The van der Waals surface area contributed by atoms with Gasteiger partial charge in [-0.3, -0.25) is 10.1 Å². The molecular formula is C15H23ClN4O7S2Si. The molecule has 0 fully saturated rings. The second-order valence-electron chi connectivity index (χ2n) is 7.94.